The van der Waals surface area contributed by atoms with Crippen LogP contribution in [0.3, 0.4) is 0 Å². The Bertz CT molecular complexity index is 1340. The first-order valence-corrected chi connectivity index (χ1v) is 13.4. The number of piperidine rings is 1. The van der Waals surface area contributed by atoms with Gasteiger partial charge in [-0.3, -0.25) is 9.78 Å². The average molecular weight is 530 g/mol. The van der Waals surface area contributed by atoms with Gasteiger partial charge in [0.25, 0.3) is 0 Å². The summed E-state index contributed by atoms with van der Waals surface area (Å²) in [6.45, 7) is 5.48. The summed E-state index contributed by atoms with van der Waals surface area (Å²) in [4.78, 5) is 22.4. The Morgan fingerprint density at radius 3 is 2.61 bits per heavy atom. The molecule has 7 nitrogen and oxygen atoms in total. The molecule has 8 heteroatoms. The molecule has 0 atom stereocenters. The normalized spacial score (nSPS) is 17.4. The fraction of sp³-hybridized carbons (Fsp3) is 0.367. The number of amides is 1. The Kier molecular flexibility index (Phi) is 7.55. The molecule has 1 amide bonds. The van der Waals surface area contributed by atoms with Gasteiger partial charge in [-0.25, -0.2) is 0 Å². The van der Waals surface area contributed by atoms with Crippen LogP contribution in [0.15, 0.2) is 60.8 Å². The number of nitriles is 1. The van der Waals surface area contributed by atoms with Gasteiger partial charge in [0.05, 0.1) is 35.0 Å². The molecule has 2 saturated heterocycles. The van der Waals surface area contributed by atoms with Crippen LogP contribution in [0.5, 0.6) is 5.75 Å². The van der Waals surface area contributed by atoms with Gasteiger partial charge in [0.2, 0.25) is 5.91 Å². The number of para-hydroxylation sites is 1. The van der Waals surface area contributed by atoms with Crippen LogP contribution in [0, 0.1) is 17.2 Å². The second kappa shape index (κ2) is 11.0. The Morgan fingerprint density at radius 1 is 1.18 bits per heavy atom. The number of halogens is 1. The van der Waals surface area contributed by atoms with E-state index in [0.29, 0.717) is 43.1 Å². The molecule has 1 aromatic heterocycles. The van der Waals surface area contributed by atoms with Gasteiger partial charge in [0.15, 0.2) is 0 Å². The first kappa shape index (κ1) is 26.0. The quantitative estimate of drug-likeness (QED) is 0.471. The smallest absolute Gasteiger partial charge is 0.226 e. The van der Waals surface area contributed by atoms with Crippen LogP contribution < -0.4 is 15.0 Å². The molecular formula is C30H32ClN5O2. The first-order chi connectivity index (χ1) is 18.4. The monoisotopic (exact) mass is 529 g/mol. The summed E-state index contributed by atoms with van der Waals surface area (Å²) in [6.07, 6.45) is 3.29. The lowest BCUT2D eigenvalue weighted by atomic mass is 9.80. The summed E-state index contributed by atoms with van der Waals surface area (Å²) in [5, 5.41) is 13.6. The van der Waals surface area contributed by atoms with Crippen molar-refractivity contribution >= 4 is 23.2 Å². The van der Waals surface area contributed by atoms with Crippen LogP contribution in [0.2, 0.25) is 5.02 Å². The summed E-state index contributed by atoms with van der Waals surface area (Å²) < 4.78 is 5.81. The molecule has 196 valence electrons. The summed E-state index contributed by atoms with van der Waals surface area (Å²) in [5.41, 5.74) is 3.66. The van der Waals surface area contributed by atoms with E-state index in [9.17, 15) is 10.1 Å². The van der Waals surface area contributed by atoms with E-state index in [4.69, 9.17) is 21.3 Å². The van der Waals surface area contributed by atoms with E-state index in [-0.39, 0.29) is 11.8 Å². The molecular weight excluding hydrogens is 498 g/mol. The standard InChI is InChI=1S/C30H32ClN5O2/c1-3-38-28-7-5-4-6-25(28)26-10-8-23(18-33-26)30(34-29(37)22-19-35(2)20-22)12-14-36(15-13-30)27-11-9-24(31)16-21(27)17-32/h4-11,16,18,22H,3,12-15,19-20H2,1-2H3,(H,34,37). The van der Waals surface area contributed by atoms with E-state index in [0.717, 1.165) is 41.3 Å². The lowest BCUT2D eigenvalue weighted by Crippen LogP contribution is -2.59. The topological polar surface area (TPSA) is 81.5 Å². The maximum Gasteiger partial charge on any atom is 0.226 e. The van der Waals surface area contributed by atoms with Crippen molar-refractivity contribution < 1.29 is 9.53 Å². The summed E-state index contributed by atoms with van der Waals surface area (Å²) in [6, 6.07) is 19.7. The van der Waals surface area contributed by atoms with E-state index in [1.54, 1.807) is 6.07 Å². The third kappa shape index (κ3) is 5.20. The maximum atomic E-state index is 13.3. The van der Waals surface area contributed by atoms with Crippen molar-refractivity contribution in [3.05, 3.63) is 76.9 Å². The van der Waals surface area contributed by atoms with Crippen LogP contribution in [0.25, 0.3) is 11.3 Å². The number of rotatable bonds is 7. The molecule has 0 aliphatic carbocycles. The van der Waals surface area contributed by atoms with Crippen molar-refractivity contribution in [2.24, 2.45) is 5.92 Å². The van der Waals surface area contributed by atoms with E-state index < -0.39 is 5.54 Å². The second-order valence-electron chi connectivity index (χ2n) is 10.1. The van der Waals surface area contributed by atoms with Crippen LogP contribution in [0.1, 0.15) is 30.9 Å². The highest BCUT2D eigenvalue weighted by molar-refractivity contribution is 6.30. The Morgan fingerprint density at radius 2 is 1.95 bits per heavy atom. The van der Waals surface area contributed by atoms with Crippen LogP contribution in [0.4, 0.5) is 5.69 Å². The molecule has 2 aliphatic heterocycles. The van der Waals surface area contributed by atoms with Crippen molar-refractivity contribution in [1.82, 2.24) is 15.2 Å². The number of nitrogens with one attached hydrogen (secondary N) is 1. The third-order valence-electron chi connectivity index (χ3n) is 7.61. The van der Waals surface area contributed by atoms with Gasteiger partial charge < -0.3 is 19.9 Å². The number of benzene rings is 2. The van der Waals surface area contributed by atoms with Crippen molar-refractivity contribution in [3.63, 3.8) is 0 Å². The number of pyridine rings is 1. The third-order valence-corrected chi connectivity index (χ3v) is 7.85. The number of likely N-dealkylation sites (tertiary alicyclic amines) is 1. The van der Waals surface area contributed by atoms with Crippen molar-refractivity contribution in [3.8, 4) is 23.1 Å². The fourth-order valence-electron chi connectivity index (χ4n) is 5.49. The zero-order valence-corrected chi connectivity index (χ0v) is 22.5. The number of nitrogens with zero attached hydrogens (tertiary/aromatic N) is 4. The van der Waals surface area contributed by atoms with Crippen LogP contribution >= 0.6 is 11.6 Å². The van der Waals surface area contributed by atoms with Crippen molar-refractivity contribution in [2.75, 3.05) is 44.7 Å². The zero-order chi connectivity index (χ0) is 26.7. The van der Waals surface area contributed by atoms with Gasteiger partial charge in [-0.05, 0) is 68.8 Å². The highest BCUT2D eigenvalue weighted by atomic mass is 35.5. The molecule has 5 rings (SSSR count). The number of hydrogen-bond acceptors (Lipinski definition) is 6. The van der Waals surface area contributed by atoms with Gasteiger partial charge in [0.1, 0.15) is 11.8 Å². The van der Waals surface area contributed by atoms with Gasteiger partial charge in [-0.2, -0.15) is 5.26 Å². The Hall–Kier alpha value is -3.60. The molecule has 0 unspecified atom stereocenters. The molecule has 2 aromatic carbocycles. The Labute approximate surface area is 229 Å². The maximum absolute atomic E-state index is 13.3. The van der Waals surface area contributed by atoms with Gasteiger partial charge >= 0.3 is 0 Å². The minimum absolute atomic E-state index is 0.00154. The molecule has 0 spiro atoms. The fourth-order valence-corrected chi connectivity index (χ4v) is 5.66. The highest BCUT2D eigenvalue weighted by Crippen LogP contribution is 2.38. The number of anilines is 1. The van der Waals surface area contributed by atoms with Crippen molar-refractivity contribution in [1.29, 1.82) is 5.26 Å². The molecule has 3 heterocycles. The molecule has 0 saturated carbocycles. The van der Waals surface area contributed by atoms with Crippen LogP contribution in [-0.4, -0.2) is 55.6 Å². The van der Waals surface area contributed by atoms with Crippen molar-refractivity contribution in [2.45, 2.75) is 25.3 Å². The van der Waals surface area contributed by atoms with Crippen LogP contribution in [-0.2, 0) is 10.3 Å². The minimum Gasteiger partial charge on any atom is -0.493 e. The summed E-state index contributed by atoms with van der Waals surface area (Å²) >= 11 is 6.13. The molecule has 0 bridgehead atoms. The summed E-state index contributed by atoms with van der Waals surface area (Å²) in [5.74, 6) is 0.894. The van der Waals surface area contributed by atoms with E-state index in [2.05, 4.69) is 27.3 Å². The molecule has 2 fully saturated rings. The predicted molar refractivity (Wildman–Crippen MR) is 149 cm³/mol. The predicted octanol–water partition coefficient (Wildman–Crippen LogP) is 4.85. The first-order valence-electron chi connectivity index (χ1n) is 13.1. The largest absolute Gasteiger partial charge is 0.493 e. The molecule has 2 aliphatic rings. The summed E-state index contributed by atoms with van der Waals surface area (Å²) in [7, 11) is 2.03. The van der Waals surface area contributed by atoms with Gasteiger partial charge in [-0.1, -0.05) is 29.8 Å². The average Bonchev–Trinajstić information content (AvgIpc) is 2.92. The molecule has 38 heavy (non-hydrogen) atoms. The highest BCUT2D eigenvalue weighted by Gasteiger charge is 2.41. The zero-order valence-electron chi connectivity index (χ0n) is 21.8. The van der Waals surface area contributed by atoms with E-state index >= 15 is 0 Å². The lowest BCUT2D eigenvalue weighted by Gasteiger charge is -2.45. The Balaban J connectivity index is 1.42. The van der Waals surface area contributed by atoms with E-state index in [1.807, 2.05) is 62.6 Å². The number of carbonyl (C=O) groups excluding carboxylic acids is 1. The van der Waals surface area contributed by atoms with Gasteiger partial charge in [-0.15, -0.1) is 0 Å². The molecule has 0 radical (unpaired) electrons. The number of aromatic nitrogens is 1. The number of carbonyl (C=O) groups is 1. The lowest BCUT2D eigenvalue weighted by molar-refractivity contribution is -0.132. The second-order valence-corrected chi connectivity index (χ2v) is 10.5. The minimum atomic E-state index is -0.536. The SMILES string of the molecule is CCOc1ccccc1-c1ccc(C2(NC(=O)C3CN(C)C3)CCN(c3ccc(Cl)cc3C#N)CC2)cn1. The molecule has 1 N–H and O–H groups in total. The van der Waals surface area contributed by atoms with E-state index in [1.165, 1.54) is 0 Å². The molecule has 3 aromatic rings. The van der Waals surface area contributed by atoms with Gasteiger partial charge in [0, 0.05) is 43.0 Å². The number of hydrogen-bond donors (Lipinski definition) is 1. The number of ether oxygens (including phenoxy) is 1.